The number of hydrogen-bond acceptors (Lipinski definition) is 4. The van der Waals surface area contributed by atoms with E-state index in [2.05, 4.69) is 0 Å². The zero-order valence-electron chi connectivity index (χ0n) is 13.0. The summed E-state index contributed by atoms with van der Waals surface area (Å²) < 4.78 is 8.11. The van der Waals surface area contributed by atoms with Crippen LogP contribution in [0.15, 0.2) is 23.0 Å². The van der Waals surface area contributed by atoms with E-state index < -0.39 is 0 Å². The second-order valence-corrected chi connectivity index (χ2v) is 5.03. The molecule has 0 aliphatic heterocycles. The highest BCUT2D eigenvalue weighted by molar-refractivity contribution is 5.73. The van der Waals surface area contributed by atoms with Crippen molar-refractivity contribution >= 4 is 12.2 Å². The number of methoxy groups -OCH3 is 1. The van der Waals surface area contributed by atoms with Crippen LogP contribution < -0.4 is 15.0 Å². The Labute approximate surface area is 128 Å². The van der Waals surface area contributed by atoms with Gasteiger partial charge in [-0.15, -0.1) is 0 Å². The SMILES string of the molecule is COc1cc(O)c(O)c(C=Cc2cc(C)n(C)c(=O)[n+]2C)c1. The highest BCUT2D eigenvalue weighted by Gasteiger charge is 2.12. The van der Waals surface area contributed by atoms with Crippen molar-refractivity contribution in [2.45, 2.75) is 6.92 Å². The molecule has 2 N–H and O–H groups in total. The monoisotopic (exact) mass is 303 g/mol. The Bertz CT molecular complexity index is 807. The molecule has 0 aliphatic carbocycles. The molecule has 0 atom stereocenters. The van der Waals surface area contributed by atoms with Gasteiger partial charge in [0, 0.05) is 17.7 Å². The predicted molar refractivity (Wildman–Crippen MR) is 82.8 cm³/mol. The standard InChI is InChI=1S/C16H18N2O4/c1-10-7-12(18(3)16(21)17(10)2)6-5-11-8-13(22-4)9-14(19)15(11)20/h5-9,19H,1-4H3/p+1. The van der Waals surface area contributed by atoms with E-state index >= 15 is 0 Å². The lowest BCUT2D eigenvalue weighted by atomic mass is 10.1. The third kappa shape index (κ3) is 2.81. The van der Waals surface area contributed by atoms with Crippen LogP contribution in [0.25, 0.3) is 12.2 Å². The van der Waals surface area contributed by atoms with Crippen molar-refractivity contribution in [3.05, 3.63) is 45.6 Å². The normalized spacial score (nSPS) is 11.1. The van der Waals surface area contributed by atoms with E-state index in [9.17, 15) is 15.0 Å². The number of rotatable bonds is 3. The van der Waals surface area contributed by atoms with Crippen molar-refractivity contribution in [3.63, 3.8) is 0 Å². The van der Waals surface area contributed by atoms with Crippen molar-refractivity contribution in [1.82, 2.24) is 4.57 Å². The first-order valence-electron chi connectivity index (χ1n) is 6.70. The highest BCUT2D eigenvalue weighted by atomic mass is 16.5. The van der Waals surface area contributed by atoms with E-state index in [1.807, 2.05) is 13.0 Å². The fraction of sp³-hybridized carbons (Fsp3) is 0.250. The van der Waals surface area contributed by atoms with Gasteiger partial charge in [-0.2, -0.15) is 13.9 Å². The Morgan fingerprint density at radius 2 is 1.91 bits per heavy atom. The molecule has 0 aliphatic rings. The molecule has 22 heavy (non-hydrogen) atoms. The Morgan fingerprint density at radius 1 is 1.23 bits per heavy atom. The van der Waals surface area contributed by atoms with Crippen LogP contribution in [0.1, 0.15) is 17.0 Å². The number of aromatic hydroxyl groups is 2. The van der Waals surface area contributed by atoms with E-state index in [1.54, 1.807) is 36.9 Å². The molecular weight excluding hydrogens is 284 g/mol. The van der Waals surface area contributed by atoms with E-state index in [-0.39, 0.29) is 17.2 Å². The van der Waals surface area contributed by atoms with Crippen LogP contribution >= 0.6 is 0 Å². The van der Waals surface area contributed by atoms with E-state index in [0.29, 0.717) is 17.0 Å². The highest BCUT2D eigenvalue weighted by Crippen LogP contribution is 2.34. The van der Waals surface area contributed by atoms with E-state index in [1.165, 1.54) is 17.7 Å². The summed E-state index contributed by atoms with van der Waals surface area (Å²) in [4.78, 5) is 12.0. The maximum Gasteiger partial charge on any atom is 0.498 e. The molecule has 2 aromatic rings. The molecule has 0 saturated heterocycles. The molecule has 0 amide bonds. The molecule has 0 fully saturated rings. The molecule has 6 nitrogen and oxygen atoms in total. The lowest BCUT2D eigenvalue weighted by Gasteiger charge is -2.06. The molecule has 116 valence electrons. The van der Waals surface area contributed by atoms with Gasteiger partial charge in [0.05, 0.1) is 21.2 Å². The second kappa shape index (κ2) is 5.93. The van der Waals surface area contributed by atoms with Gasteiger partial charge in [0.15, 0.2) is 11.5 Å². The number of aryl methyl sites for hydroxylation is 1. The largest absolute Gasteiger partial charge is 0.504 e. The Morgan fingerprint density at radius 3 is 2.55 bits per heavy atom. The van der Waals surface area contributed by atoms with Gasteiger partial charge >= 0.3 is 5.69 Å². The number of benzene rings is 1. The lowest BCUT2D eigenvalue weighted by molar-refractivity contribution is -0.692. The first-order valence-corrected chi connectivity index (χ1v) is 6.70. The average molecular weight is 303 g/mol. The van der Waals surface area contributed by atoms with Gasteiger partial charge in [-0.25, -0.2) is 0 Å². The van der Waals surface area contributed by atoms with Crippen LogP contribution in [0.2, 0.25) is 0 Å². The van der Waals surface area contributed by atoms with Crippen molar-refractivity contribution in [3.8, 4) is 17.2 Å². The number of ether oxygens (including phenoxy) is 1. The van der Waals surface area contributed by atoms with Crippen LogP contribution in [0, 0.1) is 6.92 Å². The summed E-state index contributed by atoms with van der Waals surface area (Å²) in [5, 5.41) is 19.6. The molecule has 2 rings (SSSR count). The summed E-state index contributed by atoms with van der Waals surface area (Å²) in [5.41, 5.74) is 1.76. The fourth-order valence-electron chi connectivity index (χ4n) is 2.09. The molecule has 1 aromatic carbocycles. The van der Waals surface area contributed by atoms with Crippen molar-refractivity contribution in [1.29, 1.82) is 0 Å². The maximum absolute atomic E-state index is 12.0. The minimum absolute atomic E-state index is 0.141. The molecule has 0 unspecified atom stereocenters. The molecule has 0 spiro atoms. The van der Waals surface area contributed by atoms with Gasteiger partial charge in [-0.3, -0.25) is 0 Å². The summed E-state index contributed by atoms with van der Waals surface area (Å²) in [6.45, 7) is 1.84. The Hall–Kier alpha value is -2.76. The average Bonchev–Trinajstić information content (AvgIpc) is 2.50. The summed E-state index contributed by atoms with van der Waals surface area (Å²) in [6.07, 6.45) is 3.31. The van der Waals surface area contributed by atoms with Crippen LogP contribution in [-0.4, -0.2) is 21.9 Å². The fourth-order valence-corrected chi connectivity index (χ4v) is 2.09. The first-order chi connectivity index (χ1) is 10.3. The van der Waals surface area contributed by atoms with Crippen molar-refractivity contribution in [2.75, 3.05) is 7.11 Å². The summed E-state index contributed by atoms with van der Waals surface area (Å²) in [6, 6.07) is 4.78. The summed E-state index contributed by atoms with van der Waals surface area (Å²) >= 11 is 0. The van der Waals surface area contributed by atoms with Gasteiger partial charge < -0.3 is 14.9 Å². The summed E-state index contributed by atoms with van der Waals surface area (Å²) in [5.74, 6) is -0.0664. The summed E-state index contributed by atoms with van der Waals surface area (Å²) in [7, 11) is 4.85. The number of nitrogens with zero attached hydrogens (tertiary/aromatic N) is 2. The molecule has 1 aromatic heterocycles. The molecule has 0 saturated carbocycles. The maximum atomic E-state index is 12.0. The molecule has 6 heteroatoms. The smallest absolute Gasteiger partial charge is 0.498 e. The quantitative estimate of drug-likeness (QED) is 0.658. The third-order valence-electron chi connectivity index (χ3n) is 3.61. The molecule has 0 radical (unpaired) electrons. The van der Waals surface area contributed by atoms with Gasteiger partial charge in [-0.05, 0) is 25.1 Å². The number of phenols is 2. The zero-order valence-corrected chi connectivity index (χ0v) is 13.0. The minimum atomic E-state index is -0.261. The third-order valence-corrected chi connectivity index (χ3v) is 3.61. The predicted octanol–water partition coefficient (Wildman–Crippen LogP) is 1.11. The van der Waals surface area contributed by atoms with Crippen molar-refractivity contribution in [2.24, 2.45) is 14.1 Å². The molecule has 0 bridgehead atoms. The topological polar surface area (TPSA) is 75.6 Å². The lowest BCUT2D eigenvalue weighted by Crippen LogP contribution is -2.53. The molecular formula is C16H19N2O4+. The minimum Gasteiger partial charge on any atom is -0.504 e. The van der Waals surface area contributed by atoms with Gasteiger partial charge in [0.1, 0.15) is 17.1 Å². The van der Waals surface area contributed by atoms with Crippen LogP contribution in [-0.2, 0) is 14.1 Å². The van der Waals surface area contributed by atoms with Crippen LogP contribution in [0.3, 0.4) is 0 Å². The van der Waals surface area contributed by atoms with Gasteiger partial charge in [0.25, 0.3) is 0 Å². The number of hydrogen-bond donors (Lipinski definition) is 2. The van der Waals surface area contributed by atoms with Crippen LogP contribution in [0.4, 0.5) is 0 Å². The van der Waals surface area contributed by atoms with Crippen molar-refractivity contribution < 1.29 is 19.5 Å². The second-order valence-electron chi connectivity index (χ2n) is 5.03. The van der Waals surface area contributed by atoms with Gasteiger partial charge in [-0.1, -0.05) is 0 Å². The van der Waals surface area contributed by atoms with E-state index in [0.717, 1.165) is 5.69 Å². The number of phenolic OH excluding ortho intramolecular Hbond substituents is 2. The van der Waals surface area contributed by atoms with E-state index in [4.69, 9.17) is 4.74 Å². The first kappa shape index (κ1) is 15.6. The van der Waals surface area contributed by atoms with Gasteiger partial charge in [0.2, 0.25) is 0 Å². The number of aromatic nitrogens is 2. The Balaban J connectivity index is 2.50. The van der Waals surface area contributed by atoms with Crippen LogP contribution in [0.5, 0.6) is 17.2 Å². The Kier molecular flexibility index (Phi) is 4.21. The zero-order chi connectivity index (χ0) is 16.4. The molecule has 1 heterocycles.